The second kappa shape index (κ2) is 7.56. The molecule has 2 amide bonds. The van der Waals surface area contributed by atoms with Gasteiger partial charge in [0, 0.05) is 12.5 Å². The summed E-state index contributed by atoms with van der Waals surface area (Å²) in [5, 5.41) is 0. The van der Waals surface area contributed by atoms with Crippen LogP contribution in [0.2, 0.25) is 0 Å². The minimum atomic E-state index is -0.581. The van der Waals surface area contributed by atoms with Crippen molar-refractivity contribution >= 4 is 12.0 Å². The minimum absolute atomic E-state index is 0.00374. The van der Waals surface area contributed by atoms with Crippen LogP contribution in [0.5, 0.6) is 0 Å². The highest BCUT2D eigenvalue weighted by molar-refractivity contribution is 5.88. The van der Waals surface area contributed by atoms with E-state index < -0.39 is 17.7 Å². The van der Waals surface area contributed by atoms with E-state index in [1.165, 1.54) is 0 Å². The Balaban J connectivity index is 1.76. The van der Waals surface area contributed by atoms with Crippen LogP contribution >= 0.6 is 0 Å². The Bertz CT molecular complexity index is 571. The summed E-state index contributed by atoms with van der Waals surface area (Å²) in [4.78, 5) is 39.7. The van der Waals surface area contributed by atoms with Crippen LogP contribution < -0.4 is 0 Å². The summed E-state index contributed by atoms with van der Waals surface area (Å²) >= 11 is 0. The van der Waals surface area contributed by atoms with E-state index >= 15 is 0 Å². The number of carbonyl (C=O) groups excluding carboxylic acids is 2. The molecule has 3 aliphatic heterocycles. The lowest BCUT2D eigenvalue weighted by Gasteiger charge is -2.34. The molecule has 0 N–H and O–H groups in total. The summed E-state index contributed by atoms with van der Waals surface area (Å²) in [5.74, 6) is 0.0463. The Morgan fingerprint density at radius 1 is 1.19 bits per heavy atom. The van der Waals surface area contributed by atoms with Crippen molar-refractivity contribution in [3.63, 3.8) is 0 Å². The SMILES string of the molecule is CCOOC[C@@H]1CCC2C=C[C@H]3CCN(C(=O)OC(C)(C)C)C3C(=O)N21. The van der Waals surface area contributed by atoms with Crippen molar-refractivity contribution < 1.29 is 24.1 Å². The van der Waals surface area contributed by atoms with E-state index in [2.05, 4.69) is 12.2 Å². The molecule has 0 saturated carbocycles. The van der Waals surface area contributed by atoms with Gasteiger partial charge in [-0.3, -0.25) is 9.69 Å². The first kappa shape index (κ1) is 19.2. The van der Waals surface area contributed by atoms with Crippen molar-refractivity contribution in [2.45, 2.75) is 70.7 Å². The molecule has 2 saturated heterocycles. The lowest BCUT2D eigenvalue weighted by Crippen LogP contribution is -2.53. The molecular formula is C19H30N2O5. The number of rotatable bonds is 4. The lowest BCUT2D eigenvalue weighted by molar-refractivity contribution is -0.297. The molecule has 0 radical (unpaired) electrons. The van der Waals surface area contributed by atoms with Gasteiger partial charge in [0.1, 0.15) is 18.2 Å². The van der Waals surface area contributed by atoms with Crippen molar-refractivity contribution in [2.75, 3.05) is 19.8 Å². The normalized spacial score (nSPS) is 31.0. The number of nitrogens with zero attached hydrogens (tertiary/aromatic N) is 2. The summed E-state index contributed by atoms with van der Waals surface area (Å²) in [6.45, 7) is 8.74. The van der Waals surface area contributed by atoms with Crippen LogP contribution in [0.15, 0.2) is 12.2 Å². The molecule has 3 rings (SSSR count). The third-order valence-electron chi connectivity index (χ3n) is 5.17. The molecule has 2 unspecified atom stereocenters. The molecule has 0 aliphatic carbocycles. The van der Waals surface area contributed by atoms with Crippen molar-refractivity contribution in [1.82, 2.24) is 9.80 Å². The van der Waals surface area contributed by atoms with Crippen LogP contribution in [0, 0.1) is 5.92 Å². The number of fused-ring (bicyclic) bond motifs is 2. The van der Waals surface area contributed by atoms with Gasteiger partial charge in [0.2, 0.25) is 5.91 Å². The molecule has 3 heterocycles. The Kier molecular flexibility index (Phi) is 5.58. The van der Waals surface area contributed by atoms with Crippen LogP contribution in [0.3, 0.4) is 0 Å². The number of carbonyl (C=O) groups is 2. The summed E-state index contributed by atoms with van der Waals surface area (Å²) < 4.78 is 5.52. The molecule has 26 heavy (non-hydrogen) atoms. The molecule has 7 heteroatoms. The van der Waals surface area contributed by atoms with Crippen LogP contribution in [0.1, 0.15) is 47.0 Å². The zero-order chi connectivity index (χ0) is 18.9. The fourth-order valence-corrected chi connectivity index (χ4v) is 4.10. The van der Waals surface area contributed by atoms with E-state index in [0.717, 1.165) is 19.3 Å². The molecule has 146 valence electrons. The Morgan fingerprint density at radius 2 is 1.96 bits per heavy atom. The summed E-state index contributed by atoms with van der Waals surface area (Å²) in [6, 6.07) is -0.439. The molecule has 3 aliphatic rings. The third kappa shape index (κ3) is 3.88. The van der Waals surface area contributed by atoms with Gasteiger partial charge >= 0.3 is 6.09 Å². The van der Waals surface area contributed by atoms with Gasteiger partial charge in [-0.1, -0.05) is 12.2 Å². The molecule has 2 fully saturated rings. The number of amides is 2. The van der Waals surface area contributed by atoms with Crippen LogP contribution in [0.4, 0.5) is 4.79 Å². The van der Waals surface area contributed by atoms with Gasteiger partial charge in [0.25, 0.3) is 0 Å². The zero-order valence-corrected chi connectivity index (χ0v) is 16.1. The van der Waals surface area contributed by atoms with Crippen LogP contribution in [0.25, 0.3) is 0 Å². The first-order valence-corrected chi connectivity index (χ1v) is 9.56. The second-order valence-corrected chi connectivity index (χ2v) is 8.19. The van der Waals surface area contributed by atoms with E-state index in [9.17, 15) is 9.59 Å². The maximum atomic E-state index is 13.4. The number of likely N-dealkylation sites (tertiary alicyclic amines) is 1. The fraction of sp³-hybridized carbons (Fsp3) is 0.789. The molecular weight excluding hydrogens is 336 g/mol. The van der Waals surface area contributed by atoms with Gasteiger partial charge in [-0.25, -0.2) is 14.6 Å². The van der Waals surface area contributed by atoms with Crippen LogP contribution in [-0.2, 0) is 19.3 Å². The maximum Gasteiger partial charge on any atom is 0.410 e. The Labute approximate surface area is 155 Å². The highest BCUT2D eigenvalue weighted by Gasteiger charge is 2.49. The Hall–Kier alpha value is -1.60. The van der Waals surface area contributed by atoms with E-state index in [0.29, 0.717) is 19.8 Å². The standard InChI is InChI=1S/C19H30N2O5/c1-5-24-25-12-15-9-8-14-7-6-13-10-11-20(16(13)17(22)21(14)15)18(23)26-19(2,3)4/h6-7,13-16H,5,8-12H2,1-4H3/t13-,14?,15-,16?/m0/s1. The average molecular weight is 366 g/mol. The predicted molar refractivity (Wildman–Crippen MR) is 95.2 cm³/mol. The molecule has 0 aromatic carbocycles. The predicted octanol–water partition coefficient (Wildman–Crippen LogP) is 2.51. The van der Waals surface area contributed by atoms with Gasteiger partial charge in [-0.15, -0.1) is 0 Å². The highest BCUT2D eigenvalue weighted by atomic mass is 17.2. The molecule has 7 nitrogen and oxygen atoms in total. The number of ether oxygens (including phenoxy) is 1. The summed E-state index contributed by atoms with van der Waals surface area (Å²) in [6.07, 6.45) is 6.40. The van der Waals surface area contributed by atoms with Crippen molar-refractivity contribution in [3.8, 4) is 0 Å². The second-order valence-electron chi connectivity index (χ2n) is 8.19. The van der Waals surface area contributed by atoms with Crippen molar-refractivity contribution in [1.29, 1.82) is 0 Å². The zero-order valence-electron chi connectivity index (χ0n) is 16.1. The third-order valence-corrected chi connectivity index (χ3v) is 5.17. The Morgan fingerprint density at radius 3 is 2.65 bits per heavy atom. The molecule has 0 aromatic rings. The van der Waals surface area contributed by atoms with Crippen molar-refractivity contribution in [3.05, 3.63) is 12.2 Å². The topological polar surface area (TPSA) is 68.3 Å². The lowest BCUT2D eigenvalue weighted by atomic mass is 9.99. The average Bonchev–Trinajstić information content (AvgIpc) is 3.12. The number of hydrogen-bond acceptors (Lipinski definition) is 5. The van der Waals surface area contributed by atoms with Gasteiger partial charge in [0.15, 0.2) is 0 Å². The van der Waals surface area contributed by atoms with Gasteiger partial charge in [-0.05, 0) is 47.0 Å². The maximum absolute atomic E-state index is 13.4. The largest absolute Gasteiger partial charge is 0.444 e. The van der Waals surface area contributed by atoms with Crippen molar-refractivity contribution in [2.24, 2.45) is 5.92 Å². The van der Waals surface area contributed by atoms with E-state index in [1.54, 1.807) is 4.90 Å². The monoisotopic (exact) mass is 366 g/mol. The van der Waals surface area contributed by atoms with Gasteiger partial charge < -0.3 is 9.64 Å². The van der Waals surface area contributed by atoms with Gasteiger partial charge in [0.05, 0.1) is 18.7 Å². The summed E-state index contributed by atoms with van der Waals surface area (Å²) in [5.41, 5.74) is -0.581. The first-order valence-electron chi connectivity index (χ1n) is 9.56. The summed E-state index contributed by atoms with van der Waals surface area (Å²) in [7, 11) is 0. The molecule has 0 aromatic heterocycles. The fourth-order valence-electron chi connectivity index (χ4n) is 4.10. The van der Waals surface area contributed by atoms with E-state index in [-0.39, 0.29) is 23.9 Å². The molecule has 0 spiro atoms. The van der Waals surface area contributed by atoms with Gasteiger partial charge in [-0.2, -0.15) is 0 Å². The smallest absolute Gasteiger partial charge is 0.410 e. The highest BCUT2D eigenvalue weighted by Crippen LogP contribution is 2.36. The van der Waals surface area contributed by atoms with E-state index in [1.807, 2.05) is 32.6 Å². The first-order chi connectivity index (χ1) is 12.3. The molecule has 0 bridgehead atoms. The van der Waals surface area contributed by atoms with E-state index in [4.69, 9.17) is 14.5 Å². The molecule has 4 atom stereocenters. The minimum Gasteiger partial charge on any atom is -0.444 e. The van der Waals surface area contributed by atoms with Crippen LogP contribution in [-0.4, -0.2) is 65.3 Å². The quantitative estimate of drug-likeness (QED) is 0.331. The number of hydrogen-bond donors (Lipinski definition) is 0.